The van der Waals surface area contributed by atoms with E-state index in [2.05, 4.69) is 22.5 Å². The minimum absolute atomic E-state index is 0.0752. The minimum Gasteiger partial charge on any atom is -0.337 e. The largest absolute Gasteiger partial charge is 0.337 e. The summed E-state index contributed by atoms with van der Waals surface area (Å²) in [4.78, 5) is 21.0. The molecule has 1 amide bonds. The molecule has 124 valence electrons. The zero-order valence-corrected chi connectivity index (χ0v) is 14.7. The summed E-state index contributed by atoms with van der Waals surface area (Å²) in [6.45, 7) is 5.48. The number of likely N-dealkylation sites (N-methyl/N-ethyl adjacent to an activating group) is 2. The lowest BCUT2D eigenvalue weighted by atomic mass is 10.0. The smallest absolute Gasteiger partial charge is 0.244 e. The number of aryl methyl sites for hydroxylation is 2. The van der Waals surface area contributed by atoms with Gasteiger partial charge in [-0.1, -0.05) is 29.8 Å². The van der Waals surface area contributed by atoms with Crippen LogP contribution in [0, 0.1) is 6.92 Å². The van der Waals surface area contributed by atoms with E-state index in [9.17, 15) is 4.79 Å². The van der Waals surface area contributed by atoms with Crippen LogP contribution in [0.2, 0.25) is 0 Å². The summed E-state index contributed by atoms with van der Waals surface area (Å²) in [5.41, 5.74) is 2.18. The molecule has 0 saturated heterocycles. The molecule has 1 atom stereocenters. The number of carbonyl (C=O) groups is 1. The molecule has 0 radical (unpaired) electrons. The maximum Gasteiger partial charge on any atom is 0.244 e. The first-order valence-corrected chi connectivity index (χ1v) is 7.92. The number of amides is 1. The van der Waals surface area contributed by atoms with Gasteiger partial charge in [-0.05, 0) is 33.5 Å². The summed E-state index contributed by atoms with van der Waals surface area (Å²) in [7, 11) is 5.71. The average molecular weight is 314 g/mol. The van der Waals surface area contributed by atoms with Crippen molar-refractivity contribution in [1.29, 1.82) is 0 Å². The van der Waals surface area contributed by atoms with Crippen molar-refractivity contribution in [2.75, 3.05) is 21.1 Å². The maximum absolute atomic E-state index is 13.0. The molecule has 1 aromatic carbocycles. The second-order valence-corrected chi connectivity index (χ2v) is 6.10. The van der Waals surface area contributed by atoms with Gasteiger partial charge >= 0.3 is 0 Å². The third kappa shape index (κ3) is 3.99. The van der Waals surface area contributed by atoms with Crippen LogP contribution in [0.4, 0.5) is 0 Å². The summed E-state index contributed by atoms with van der Waals surface area (Å²) in [6.07, 6.45) is 3.72. The van der Waals surface area contributed by atoms with Gasteiger partial charge in [0.15, 0.2) is 0 Å². The molecule has 23 heavy (non-hydrogen) atoms. The summed E-state index contributed by atoms with van der Waals surface area (Å²) in [5.74, 6) is 0.983. The molecule has 2 aromatic rings. The van der Waals surface area contributed by atoms with E-state index in [0.717, 1.165) is 23.5 Å². The molecule has 0 bridgehead atoms. The molecule has 5 heteroatoms. The van der Waals surface area contributed by atoms with Crippen molar-refractivity contribution in [3.8, 4) is 0 Å². The normalized spacial score (nSPS) is 12.4. The molecule has 0 fully saturated rings. The van der Waals surface area contributed by atoms with Gasteiger partial charge in [0.05, 0.1) is 6.54 Å². The Labute approximate surface area is 138 Å². The highest BCUT2D eigenvalue weighted by Crippen LogP contribution is 2.22. The Hall–Kier alpha value is -2.14. The fraction of sp³-hybridized carbons (Fsp3) is 0.444. The first-order valence-electron chi connectivity index (χ1n) is 7.92. The second-order valence-electron chi connectivity index (χ2n) is 6.10. The topological polar surface area (TPSA) is 41.4 Å². The second kappa shape index (κ2) is 7.42. The number of hydrogen-bond acceptors (Lipinski definition) is 3. The van der Waals surface area contributed by atoms with Crippen LogP contribution in [0.15, 0.2) is 36.7 Å². The fourth-order valence-electron chi connectivity index (χ4n) is 2.78. The van der Waals surface area contributed by atoms with Crippen LogP contribution in [0.5, 0.6) is 0 Å². The van der Waals surface area contributed by atoms with E-state index >= 15 is 0 Å². The highest BCUT2D eigenvalue weighted by molar-refractivity contribution is 5.83. The van der Waals surface area contributed by atoms with Gasteiger partial charge in [-0.25, -0.2) is 4.98 Å². The number of benzene rings is 1. The molecule has 5 nitrogen and oxygen atoms in total. The van der Waals surface area contributed by atoms with Crippen molar-refractivity contribution < 1.29 is 4.79 Å². The number of rotatable bonds is 6. The number of carbonyl (C=O) groups excluding carboxylic acids is 1. The van der Waals surface area contributed by atoms with Gasteiger partial charge in [0.1, 0.15) is 11.9 Å². The van der Waals surface area contributed by atoms with E-state index in [4.69, 9.17) is 0 Å². The molecule has 0 unspecified atom stereocenters. The fourth-order valence-corrected chi connectivity index (χ4v) is 2.78. The molecule has 0 N–H and O–H groups in total. The molecule has 2 rings (SSSR count). The lowest BCUT2D eigenvalue weighted by Gasteiger charge is -2.28. The predicted molar refractivity (Wildman–Crippen MR) is 92.0 cm³/mol. The van der Waals surface area contributed by atoms with Gasteiger partial charge in [-0.2, -0.15) is 0 Å². The SMILES string of the molecule is CCn1ccnc1CN(C)C(=O)[C@H](c1cccc(C)c1)N(C)C. The number of aromatic nitrogens is 2. The first kappa shape index (κ1) is 17.2. The van der Waals surface area contributed by atoms with E-state index in [1.165, 1.54) is 0 Å². The van der Waals surface area contributed by atoms with E-state index in [0.29, 0.717) is 6.54 Å². The van der Waals surface area contributed by atoms with Gasteiger partial charge in [-0.3, -0.25) is 9.69 Å². The van der Waals surface area contributed by atoms with Crippen LogP contribution < -0.4 is 0 Å². The Morgan fingerprint density at radius 1 is 1.30 bits per heavy atom. The van der Waals surface area contributed by atoms with Crippen molar-refractivity contribution in [1.82, 2.24) is 19.4 Å². The minimum atomic E-state index is -0.287. The lowest BCUT2D eigenvalue weighted by molar-refractivity contribution is -0.135. The van der Waals surface area contributed by atoms with E-state index in [1.54, 1.807) is 11.1 Å². The van der Waals surface area contributed by atoms with Gasteiger partial charge in [0.2, 0.25) is 5.91 Å². The molecule has 0 aliphatic rings. The van der Waals surface area contributed by atoms with E-state index in [-0.39, 0.29) is 11.9 Å². The van der Waals surface area contributed by atoms with Crippen LogP contribution in [0.3, 0.4) is 0 Å². The number of hydrogen-bond donors (Lipinski definition) is 0. The molecule has 0 aliphatic carbocycles. The quantitative estimate of drug-likeness (QED) is 0.822. The Bertz CT molecular complexity index is 663. The first-order chi connectivity index (χ1) is 10.9. The molecule has 1 aromatic heterocycles. The van der Waals surface area contributed by atoms with Gasteiger partial charge in [0.25, 0.3) is 0 Å². The molecule has 0 aliphatic heterocycles. The third-order valence-corrected chi connectivity index (χ3v) is 4.01. The maximum atomic E-state index is 13.0. The highest BCUT2D eigenvalue weighted by Gasteiger charge is 2.26. The highest BCUT2D eigenvalue weighted by atomic mass is 16.2. The summed E-state index contributed by atoms with van der Waals surface area (Å²) >= 11 is 0. The molecule has 1 heterocycles. The third-order valence-electron chi connectivity index (χ3n) is 4.01. The van der Waals surface area contributed by atoms with Crippen molar-refractivity contribution in [3.05, 3.63) is 53.6 Å². The van der Waals surface area contributed by atoms with Crippen LogP contribution in [-0.2, 0) is 17.9 Å². The number of nitrogens with zero attached hydrogens (tertiary/aromatic N) is 4. The molecule has 0 saturated carbocycles. The van der Waals surface area contributed by atoms with Crippen molar-refractivity contribution in [3.63, 3.8) is 0 Å². The van der Waals surface area contributed by atoms with Gasteiger partial charge in [0, 0.05) is 26.0 Å². The van der Waals surface area contributed by atoms with Crippen LogP contribution >= 0.6 is 0 Å². The Morgan fingerprint density at radius 3 is 2.65 bits per heavy atom. The average Bonchev–Trinajstić information content (AvgIpc) is 2.94. The van der Waals surface area contributed by atoms with E-state index in [1.807, 2.05) is 57.4 Å². The van der Waals surface area contributed by atoms with Crippen molar-refractivity contribution >= 4 is 5.91 Å². The van der Waals surface area contributed by atoms with Crippen molar-refractivity contribution in [2.45, 2.75) is 33.0 Å². The molecular formula is C18H26N4O. The molecule has 0 spiro atoms. The predicted octanol–water partition coefficient (Wildman–Crippen LogP) is 2.47. The van der Waals surface area contributed by atoms with Gasteiger partial charge < -0.3 is 9.47 Å². The van der Waals surface area contributed by atoms with Crippen molar-refractivity contribution in [2.24, 2.45) is 0 Å². The monoisotopic (exact) mass is 314 g/mol. The summed E-state index contributed by atoms with van der Waals surface area (Å²) in [6, 6.07) is 7.84. The van der Waals surface area contributed by atoms with Crippen LogP contribution in [0.25, 0.3) is 0 Å². The Balaban J connectivity index is 2.20. The Kier molecular flexibility index (Phi) is 5.55. The lowest BCUT2D eigenvalue weighted by Crippen LogP contribution is -2.38. The van der Waals surface area contributed by atoms with Crippen LogP contribution in [0.1, 0.15) is 29.9 Å². The molecular weight excluding hydrogens is 288 g/mol. The Morgan fingerprint density at radius 2 is 2.04 bits per heavy atom. The summed E-state index contributed by atoms with van der Waals surface area (Å²) in [5, 5.41) is 0. The summed E-state index contributed by atoms with van der Waals surface area (Å²) < 4.78 is 2.06. The van der Waals surface area contributed by atoms with Crippen LogP contribution in [-0.4, -0.2) is 46.4 Å². The zero-order chi connectivity index (χ0) is 17.0. The van der Waals surface area contributed by atoms with Gasteiger partial charge in [-0.15, -0.1) is 0 Å². The van der Waals surface area contributed by atoms with E-state index < -0.39 is 0 Å². The number of imidazole rings is 1. The zero-order valence-electron chi connectivity index (χ0n) is 14.7. The standard InChI is InChI=1S/C18H26N4O/c1-6-22-11-10-19-16(22)13-21(5)18(23)17(20(3)4)15-9-7-8-14(2)12-15/h7-12,17H,6,13H2,1-5H3/t17-/m0/s1.